The molecular weight excluding hydrogens is 387 g/mol. The Labute approximate surface area is 159 Å². The van der Waals surface area contributed by atoms with E-state index in [1.54, 1.807) is 0 Å². The Morgan fingerprint density at radius 2 is 1.15 bits per heavy atom. The van der Waals surface area contributed by atoms with Gasteiger partial charge in [0.25, 0.3) is 0 Å². The maximum absolute atomic E-state index is 8.88. The first-order valence-corrected chi connectivity index (χ1v) is 10.5. The summed E-state index contributed by atoms with van der Waals surface area (Å²) in [6, 6.07) is 0. The third-order valence-electron chi connectivity index (χ3n) is 3.10. The van der Waals surface area contributed by atoms with E-state index in [0.29, 0.717) is 6.61 Å². The van der Waals surface area contributed by atoms with Crippen LogP contribution in [-0.4, -0.2) is 21.3 Å². The van der Waals surface area contributed by atoms with E-state index in [1.165, 1.54) is 57.8 Å². The van der Waals surface area contributed by atoms with E-state index in [9.17, 15) is 0 Å². The lowest BCUT2D eigenvalue weighted by molar-refractivity contribution is -0.786. The van der Waals surface area contributed by atoms with Gasteiger partial charge in [-0.25, -0.2) is 9.45 Å². The largest absolute Gasteiger partial charge is 0.466 e. The lowest BCUT2D eigenvalue weighted by Crippen LogP contribution is -2.01. The van der Waals surface area contributed by atoms with Gasteiger partial charge in [-0.2, -0.15) is 0 Å². The highest BCUT2D eigenvalue weighted by atomic mass is 31.2. The Kier molecular flexibility index (Phi) is 24.9. The normalized spacial score (nSPS) is 11.0. The summed E-state index contributed by atoms with van der Waals surface area (Å²) in [5.41, 5.74) is 0. The van der Waals surface area contributed by atoms with Crippen molar-refractivity contribution in [3.8, 4) is 0 Å². The Bertz CT molecular complexity index is 329. The fourth-order valence-corrected chi connectivity index (χ4v) is 1.96. The van der Waals surface area contributed by atoms with Crippen molar-refractivity contribution in [1.82, 2.24) is 0 Å². The third-order valence-corrected chi connectivity index (χ3v) is 3.10. The van der Waals surface area contributed by atoms with Crippen molar-refractivity contribution in [2.75, 3.05) is 6.61 Å². The van der Waals surface area contributed by atoms with Crippen LogP contribution < -0.4 is 0 Å². The van der Waals surface area contributed by atoms with Crippen LogP contribution in [0.25, 0.3) is 0 Å². The van der Waals surface area contributed by atoms with E-state index >= 15 is 0 Å². The highest BCUT2D eigenvalue weighted by Crippen LogP contribution is 2.25. The molecule has 0 fully saturated rings. The average molecular weight is 420 g/mol. The van der Waals surface area contributed by atoms with Crippen molar-refractivity contribution >= 4 is 7.82 Å². The molecule has 0 radical (unpaired) electrons. The highest BCUT2D eigenvalue weighted by molar-refractivity contribution is 7.45. The Hall–Kier alpha value is -0.590. The molecule has 0 aliphatic carbocycles. The van der Waals surface area contributed by atoms with E-state index in [0.717, 1.165) is 19.1 Å². The van der Waals surface area contributed by atoms with Gasteiger partial charge in [0.05, 0.1) is 6.61 Å². The summed E-state index contributed by atoms with van der Waals surface area (Å²) in [6.45, 7) is 5.86. The van der Waals surface area contributed by atoms with Crippen molar-refractivity contribution in [2.24, 2.45) is 0 Å². The summed E-state index contributed by atoms with van der Waals surface area (Å²) >= 11 is 0. The zero-order valence-electron chi connectivity index (χ0n) is 15.8. The fourth-order valence-electron chi connectivity index (χ4n) is 1.96. The second-order valence-electron chi connectivity index (χ2n) is 5.47. The van der Waals surface area contributed by atoms with Gasteiger partial charge in [0.1, 0.15) is 6.26 Å². The molecule has 0 bridgehead atoms. The van der Waals surface area contributed by atoms with Crippen molar-refractivity contribution in [2.45, 2.75) is 77.6 Å². The maximum atomic E-state index is 8.88. The molecule has 0 heterocycles. The Morgan fingerprint density at radius 3 is 1.63 bits per heavy atom. The monoisotopic (exact) mass is 420 g/mol. The molecule has 0 rings (SSSR count). The number of hydrogen-bond acceptors (Lipinski definition) is 8. The molecule has 12 heteroatoms. The first-order chi connectivity index (χ1) is 12.9. The summed E-state index contributed by atoms with van der Waals surface area (Å²) in [6.07, 6.45) is 15.0. The topological polar surface area (TPSA) is 142 Å². The van der Waals surface area contributed by atoms with E-state index in [-0.39, 0.29) is 0 Å². The van der Waals surface area contributed by atoms with Gasteiger partial charge < -0.3 is 19.6 Å². The van der Waals surface area contributed by atoms with Crippen LogP contribution in [0.1, 0.15) is 77.6 Å². The minimum absolute atomic E-state index is 0.421. The lowest BCUT2D eigenvalue weighted by atomic mass is 10.1. The van der Waals surface area contributed by atoms with Gasteiger partial charge in [-0.15, -0.1) is 0 Å². The van der Waals surface area contributed by atoms with E-state index in [4.69, 9.17) is 19.2 Å². The molecule has 0 spiro atoms. The van der Waals surface area contributed by atoms with Gasteiger partial charge in [0.2, 0.25) is 0 Å². The van der Waals surface area contributed by atoms with Crippen LogP contribution in [0.4, 0.5) is 0 Å². The second kappa shape index (κ2) is 23.4. The zero-order valence-corrected chi connectivity index (χ0v) is 16.7. The molecular formula is C15H33O11P. The predicted molar refractivity (Wildman–Crippen MR) is 93.4 cm³/mol. The SMILES string of the molecule is C=COOOOOOOCCCCCCCCCCCCC.O=P(O)(O)O. The maximum Gasteiger partial charge on any atom is 0.466 e. The molecule has 0 aromatic rings. The van der Waals surface area contributed by atoms with Gasteiger partial charge in [-0.05, 0) is 16.5 Å². The molecule has 164 valence electrons. The molecule has 0 unspecified atom stereocenters. The van der Waals surface area contributed by atoms with Gasteiger partial charge in [-0.1, -0.05) is 77.7 Å². The Balaban J connectivity index is 0. The first kappa shape index (κ1) is 28.6. The lowest BCUT2D eigenvalue weighted by Gasteiger charge is -2.03. The summed E-state index contributed by atoms with van der Waals surface area (Å²) in [5, 5.41) is 19.9. The molecule has 0 aromatic heterocycles. The quantitative estimate of drug-likeness (QED) is 0.0913. The number of unbranched alkanes of at least 4 members (excludes halogenated alkanes) is 10. The second-order valence-corrected chi connectivity index (χ2v) is 6.50. The number of hydrogen-bond donors (Lipinski definition) is 3. The fraction of sp³-hybridized carbons (Fsp3) is 0.867. The van der Waals surface area contributed by atoms with Crippen molar-refractivity contribution < 1.29 is 54.2 Å². The van der Waals surface area contributed by atoms with E-state index in [1.807, 2.05) is 0 Å². The van der Waals surface area contributed by atoms with Crippen LogP contribution in [0.15, 0.2) is 12.8 Å². The van der Waals surface area contributed by atoms with Gasteiger partial charge >= 0.3 is 7.82 Å². The van der Waals surface area contributed by atoms with E-state index in [2.05, 4.69) is 48.5 Å². The minimum Gasteiger partial charge on any atom is -0.315 e. The zero-order chi connectivity index (χ0) is 20.6. The highest BCUT2D eigenvalue weighted by Gasteiger charge is 2.00. The predicted octanol–water partition coefficient (Wildman–Crippen LogP) is 4.12. The molecule has 3 N–H and O–H groups in total. The molecule has 11 nitrogen and oxygen atoms in total. The van der Waals surface area contributed by atoms with Crippen LogP contribution in [0, 0.1) is 0 Å². The standard InChI is InChI=1S/C15H30O7.H3O4P/c1-3-5-6-7-8-9-10-11-12-13-14-15-17-19-21-22-20-18-16-4-2;1-5(2,3)4/h4H,2-3,5-15H2,1H3;(H3,1,2,3,4). The van der Waals surface area contributed by atoms with Crippen LogP contribution >= 0.6 is 7.82 Å². The number of phosphoric acid groups is 1. The van der Waals surface area contributed by atoms with Crippen LogP contribution in [-0.2, 0) is 39.5 Å². The molecule has 0 aliphatic heterocycles. The summed E-state index contributed by atoms with van der Waals surface area (Å²) in [4.78, 5) is 30.3. The van der Waals surface area contributed by atoms with Gasteiger partial charge in [0.15, 0.2) is 0 Å². The average Bonchev–Trinajstić information content (AvgIpc) is 2.59. The summed E-state index contributed by atoms with van der Waals surface area (Å²) in [7, 11) is -4.64. The van der Waals surface area contributed by atoms with Gasteiger partial charge in [-0.3, -0.25) is 0 Å². The molecule has 0 aliphatic rings. The minimum atomic E-state index is -4.64. The molecule has 0 saturated heterocycles. The molecule has 0 amide bonds. The van der Waals surface area contributed by atoms with Crippen LogP contribution in [0.3, 0.4) is 0 Å². The summed E-state index contributed by atoms with van der Waals surface area (Å²) < 4.78 is 8.88. The number of rotatable bonds is 19. The first-order valence-electron chi connectivity index (χ1n) is 8.92. The smallest absolute Gasteiger partial charge is 0.315 e. The van der Waals surface area contributed by atoms with E-state index < -0.39 is 7.82 Å². The van der Waals surface area contributed by atoms with Crippen molar-refractivity contribution in [1.29, 1.82) is 0 Å². The summed E-state index contributed by atoms with van der Waals surface area (Å²) in [5.74, 6) is 0. The molecule has 0 aromatic carbocycles. The Morgan fingerprint density at radius 1 is 0.741 bits per heavy atom. The van der Waals surface area contributed by atoms with Crippen LogP contribution in [0.2, 0.25) is 0 Å². The molecule has 27 heavy (non-hydrogen) atoms. The molecule has 0 atom stereocenters. The molecule has 0 saturated carbocycles. The van der Waals surface area contributed by atoms with Crippen molar-refractivity contribution in [3.63, 3.8) is 0 Å². The third kappa shape index (κ3) is 41.1. The van der Waals surface area contributed by atoms with Gasteiger partial charge in [0, 0.05) is 15.1 Å². The van der Waals surface area contributed by atoms with Crippen molar-refractivity contribution in [3.05, 3.63) is 12.8 Å². The van der Waals surface area contributed by atoms with Crippen LogP contribution in [0.5, 0.6) is 0 Å².